The summed E-state index contributed by atoms with van der Waals surface area (Å²) in [5, 5.41) is 9.39. The molecule has 0 saturated heterocycles. The van der Waals surface area contributed by atoms with Crippen LogP contribution in [0.15, 0.2) is 60.7 Å². The molecule has 2 aromatic carbocycles. The standard InChI is InChI=1S/C16H17NO2S/c18-16(19)15(12-20)17(14-9-5-2-6-10-14)11-13-7-3-1-4-8-13/h1-10,15,20H,11-12H2,(H,18,19)/t15-/m0/s1. The predicted molar refractivity (Wildman–Crippen MR) is 84.3 cm³/mol. The van der Waals surface area contributed by atoms with E-state index in [1.54, 1.807) is 0 Å². The van der Waals surface area contributed by atoms with E-state index in [4.69, 9.17) is 0 Å². The highest BCUT2D eigenvalue weighted by atomic mass is 32.1. The summed E-state index contributed by atoms with van der Waals surface area (Å²) in [4.78, 5) is 13.3. The van der Waals surface area contributed by atoms with Crippen LogP contribution >= 0.6 is 12.6 Å². The highest BCUT2D eigenvalue weighted by molar-refractivity contribution is 7.80. The lowest BCUT2D eigenvalue weighted by Gasteiger charge is -2.30. The van der Waals surface area contributed by atoms with Gasteiger partial charge < -0.3 is 10.0 Å². The number of thiol groups is 1. The fourth-order valence-electron chi connectivity index (χ4n) is 2.09. The molecule has 0 amide bonds. The largest absolute Gasteiger partial charge is 0.480 e. The first-order valence-electron chi connectivity index (χ1n) is 6.41. The molecule has 2 rings (SSSR count). The third-order valence-electron chi connectivity index (χ3n) is 3.12. The van der Waals surface area contributed by atoms with Crippen LogP contribution in [0.25, 0.3) is 0 Å². The molecule has 0 radical (unpaired) electrons. The minimum Gasteiger partial charge on any atom is -0.480 e. The number of nitrogens with zero attached hydrogens (tertiary/aromatic N) is 1. The zero-order valence-electron chi connectivity index (χ0n) is 11.0. The van der Waals surface area contributed by atoms with E-state index in [9.17, 15) is 9.90 Å². The first-order valence-corrected chi connectivity index (χ1v) is 7.05. The van der Waals surface area contributed by atoms with Gasteiger partial charge in [-0.2, -0.15) is 12.6 Å². The monoisotopic (exact) mass is 287 g/mol. The Labute approximate surface area is 124 Å². The van der Waals surface area contributed by atoms with E-state index in [-0.39, 0.29) is 5.75 Å². The quantitative estimate of drug-likeness (QED) is 0.802. The van der Waals surface area contributed by atoms with Gasteiger partial charge in [0.05, 0.1) is 0 Å². The van der Waals surface area contributed by atoms with Gasteiger partial charge in [-0.1, -0.05) is 48.5 Å². The Kier molecular flexibility index (Phi) is 5.07. The van der Waals surface area contributed by atoms with Crippen molar-refractivity contribution in [1.29, 1.82) is 0 Å². The third kappa shape index (κ3) is 3.54. The lowest BCUT2D eigenvalue weighted by atomic mass is 10.1. The molecule has 0 heterocycles. The van der Waals surface area contributed by atoms with Crippen LogP contribution in [0, 0.1) is 0 Å². The zero-order chi connectivity index (χ0) is 14.4. The van der Waals surface area contributed by atoms with E-state index in [1.165, 1.54) is 0 Å². The van der Waals surface area contributed by atoms with Crippen LogP contribution in [0.4, 0.5) is 5.69 Å². The van der Waals surface area contributed by atoms with Crippen LogP contribution in [0.5, 0.6) is 0 Å². The van der Waals surface area contributed by atoms with Crippen molar-refractivity contribution in [3.05, 3.63) is 66.2 Å². The minimum atomic E-state index is -0.861. The normalized spacial score (nSPS) is 11.8. The van der Waals surface area contributed by atoms with Crippen LogP contribution in [0.2, 0.25) is 0 Å². The van der Waals surface area contributed by atoms with Gasteiger partial charge in [0, 0.05) is 18.0 Å². The average Bonchev–Trinajstić information content (AvgIpc) is 2.48. The average molecular weight is 287 g/mol. The number of anilines is 1. The number of carboxylic acid groups (broad SMARTS) is 1. The van der Waals surface area contributed by atoms with Crippen LogP contribution in [-0.4, -0.2) is 22.9 Å². The van der Waals surface area contributed by atoms with Crippen molar-refractivity contribution >= 4 is 24.3 Å². The first kappa shape index (κ1) is 14.5. The van der Waals surface area contributed by atoms with Gasteiger partial charge in [0.2, 0.25) is 0 Å². The molecule has 0 unspecified atom stereocenters. The maximum absolute atomic E-state index is 11.4. The summed E-state index contributed by atoms with van der Waals surface area (Å²) in [5.74, 6) is -0.600. The van der Waals surface area contributed by atoms with Crippen LogP contribution < -0.4 is 4.90 Å². The number of aliphatic carboxylic acids is 1. The van der Waals surface area contributed by atoms with Crippen LogP contribution in [-0.2, 0) is 11.3 Å². The highest BCUT2D eigenvalue weighted by Crippen LogP contribution is 2.20. The molecule has 20 heavy (non-hydrogen) atoms. The van der Waals surface area contributed by atoms with Crippen molar-refractivity contribution in [2.75, 3.05) is 10.7 Å². The first-order chi connectivity index (χ1) is 9.72. The molecule has 1 atom stereocenters. The number of para-hydroxylation sites is 1. The summed E-state index contributed by atoms with van der Waals surface area (Å²) in [5.41, 5.74) is 1.96. The second kappa shape index (κ2) is 7.01. The molecule has 1 N–H and O–H groups in total. The second-order valence-electron chi connectivity index (χ2n) is 4.49. The Hall–Kier alpha value is -1.94. The summed E-state index contributed by atoms with van der Waals surface area (Å²) >= 11 is 4.19. The molecule has 3 nitrogen and oxygen atoms in total. The SMILES string of the molecule is O=C(O)[C@H](CS)N(Cc1ccccc1)c1ccccc1. The van der Waals surface area contributed by atoms with E-state index < -0.39 is 12.0 Å². The minimum absolute atomic E-state index is 0.261. The molecule has 104 valence electrons. The Morgan fingerprint density at radius 3 is 2.10 bits per heavy atom. The van der Waals surface area contributed by atoms with Gasteiger partial charge in [-0.05, 0) is 17.7 Å². The van der Waals surface area contributed by atoms with E-state index in [1.807, 2.05) is 65.6 Å². The van der Waals surface area contributed by atoms with E-state index in [0.717, 1.165) is 11.3 Å². The Morgan fingerprint density at radius 1 is 1.05 bits per heavy atom. The number of benzene rings is 2. The van der Waals surface area contributed by atoms with E-state index >= 15 is 0 Å². The summed E-state index contributed by atoms with van der Waals surface area (Å²) in [6.45, 7) is 0.544. The van der Waals surface area contributed by atoms with Gasteiger partial charge in [-0.3, -0.25) is 0 Å². The lowest BCUT2D eigenvalue weighted by Crippen LogP contribution is -2.42. The molecule has 0 spiro atoms. The van der Waals surface area contributed by atoms with Crippen molar-refractivity contribution in [1.82, 2.24) is 0 Å². The van der Waals surface area contributed by atoms with Crippen molar-refractivity contribution in [2.45, 2.75) is 12.6 Å². The van der Waals surface area contributed by atoms with Gasteiger partial charge in [0.25, 0.3) is 0 Å². The molecule has 0 aliphatic rings. The lowest BCUT2D eigenvalue weighted by molar-refractivity contribution is -0.138. The number of hydrogen-bond acceptors (Lipinski definition) is 3. The van der Waals surface area contributed by atoms with E-state index in [0.29, 0.717) is 6.54 Å². The van der Waals surface area contributed by atoms with Crippen LogP contribution in [0.3, 0.4) is 0 Å². The molecule has 0 fully saturated rings. The fourth-order valence-corrected chi connectivity index (χ4v) is 2.44. The Morgan fingerprint density at radius 2 is 1.60 bits per heavy atom. The summed E-state index contributed by atoms with van der Waals surface area (Å²) in [7, 11) is 0. The Bertz CT molecular complexity index is 545. The third-order valence-corrected chi connectivity index (χ3v) is 3.46. The van der Waals surface area contributed by atoms with Crippen molar-refractivity contribution in [3.8, 4) is 0 Å². The highest BCUT2D eigenvalue weighted by Gasteiger charge is 2.24. The van der Waals surface area contributed by atoms with Gasteiger partial charge in [0.15, 0.2) is 0 Å². The fraction of sp³-hybridized carbons (Fsp3) is 0.188. The molecular weight excluding hydrogens is 270 g/mol. The molecule has 0 aromatic heterocycles. The smallest absolute Gasteiger partial charge is 0.327 e. The van der Waals surface area contributed by atoms with Gasteiger partial charge in [-0.25, -0.2) is 4.79 Å². The summed E-state index contributed by atoms with van der Waals surface area (Å²) in [6, 6.07) is 18.8. The van der Waals surface area contributed by atoms with Crippen molar-refractivity contribution in [3.63, 3.8) is 0 Å². The maximum atomic E-state index is 11.4. The topological polar surface area (TPSA) is 40.5 Å². The van der Waals surface area contributed by atoms with Gasteiger partial charge in [0.1, 0.15) is 6.04 Å². The molecule has 0 bridgehead atoms. The zero-order valence-corrected chi connectivity index (χ0v) is 11.9. The second-order valence-corrected chi connectivity index (χ2v) is 4.85. The summed E-state index contributed by atoms with van der Waals surface area (Å²) < 4.78 is 0. The molecule has 4 heteroatoms. The van der Waals surface area contributed by atoms with Crippen LogP contribution in [0.1, 0.15) is 5.56 Å². The molecule has 2 aromatic rings. The van der Waals surface area contributed by atoms with Gasteiger partial charge >= 0.3 is 5.97 Å². The number of carbonyl (C=O) groups is 1. The number of carboxylic acids is 1. The number of hydrogen-bond donors (Lipinski definition) is 2. The summed E-state index contributed by atoms with van der Waals surface area (Å²) in [6.07, 6.45) is 0. The maximum Gasteiger partial charge on any atom is 0.327 e. The molecule has 0 aliphatic heterocycles. The van der Waals surface area contributed by atoms with E-state index in [2.05, 4.69) is 12.6 Å². The molecule has 0 saturated carbocycles. The number of rotatable bonds is 6. The Balaban J connectivity index is 2.31. The predicted octanol–water partition coefficient (Wildman–Crippen LogP) is 3.08. The molecular formula is C16H17NO2S. The van der Waals surface area contributed by atoms with Crippen molar-refractivity contribution < 1.29 is 9.90 Å². The van der Waals surface area contributed by atoms with Gasteiger partial charge in [-0.15, -0.1) is 0 Å². The van der Waals surface area contributed by atoms with Crippen molar-refractivity contribution in [2.24, 2.45) is 0 Å². The molecule has 0 aliphatic carbocycles.